The molecule has 1 N–H and O–H groups in total. The fraction of sp³-hybridized carbons (Fsp3) is 0.333. The van der Waals surface area contributed by atoms with Gasteiger partial charge < -0.3 is 19.5 Å². The van der Waals surface area contributed by atoms with Crippen molar-refractivity contribution in [2.75, 3.05) is 32.2 Å². The summed E-state index contributed by atoms with van der Waals surface area (Å²) >= 11 is 0. The Morgan fingerprint density at radius 1 is 1.24 bits per heavy atom. The van der Waals surface area contributed by atoms with Gasteiger partial charge in [0.15, 0.2) is 11.5 Å². The smallest absolute Gasteiger partial charge is 0.165 e. The Balaban J connectivity index is 1.69. The molecule has 3 rings (SSSR count). The zero-order valence-electron chi connectivity index (χ0n) is 11.8. The molecule has 0 aliphatic carbocycles. The number of hydrogen-bond acceptors (Lipinski definition) is 6. The molecule has 1 aromatic heterocycles. The molecule has 2 heterocycles. The van der Waals surface area contributed by atoms with Crippen LogP contribution in [0.2, 0.25) is 0 Å². The van der Waals surface area contributed by atoms with Gasteiger partial charge in [-0.05, 0) is 24.1 Å². The molecule has 1 aliphatic rings. The van der Waals surface area contributed by atoms with Gasteiger partial charge in [-0.25, -0.2) is 9.97 Å². The Hall–Kier alpha value is -2.50. The lowest BCUT2D eigenvalue weighted by atomic mass is 10.1. The zero-order chi connectivity index (χ0) is 14.5. The predicted molar refractivity (Wildman–Crippen MR) is 78.2 cm³/mol. The van der Waals surface area contributed by atoms with E-state index < -0.39 is 0 Å². The van der Waals surface area contributed by atoms with Gasteiger partial charge in [-0.2, -0.15) is 0 Å². The molecule has 6 heteroatoms. The number of benzene rings is 1. The largest absolute Gasteiger partial charge is 0.496 e. The summed E-state index contributed by atoms with van der Waals surface area (Å²) in [6, 6.07) is 5.70. The molecular formula is C15H17N3O3. The van der Waals surface area contributed by atoms with Crippen molar-refractivity contribution in [3.63, 3.8) is 0 Å². The van der Waals surface area contributed by atoms with Crippen LogP contribution in [0.4, 0.5) is 5.82 Å². The number of fused-ring (bicyclic) bond motifs is 1. The maximum Gasteiger partial charge on any atom is 0.165 e. The van der Waals surface area contributed by atoms with E-state index in [-0.39, 0.29) is 0 Å². The van der Waals surface area contributed by atoms with E-state index in [0.29, 0.717) is 13.2 Å². The van der Waals surface area contributed by atoms with Gasteiger partial charge in [0.1, 0.15) is 31.1 Å². The van der Waals surface area contributed by atoms with Crippen molar-refractivity contribution >= 4 is 5.82 Å². The average molecular weight is 287 g/mol. The van der Waals surface area contributed by atoms with Crippen molar-refractivity contribution < 1.29 is 14.2 Å². The maximum atomic E-state index is 5.61. The van der Waals surface area contributed by atoms with Crippen LogP contribution in [0.15, 0.2) is 30.7 Å². The topological polar surface area (TPSA) is 65.5 Å². The first-order valence-corrected chi connectivity index (χ1v) is 6.83. The van der Waals surface area contributed by atoms with Gasteiger partial charge >= 0.3 is 0 Å². The lowest BCUT2D eigenvalue weighted by Crippen LogP contribution is -2.16. The molecule has 2 aromatic rings. The molecule has 1 aliphatic heterocycles. The Morgan fingerprint density at radius 2 is 2.05 bits per heavy atom. The number of rotatable bonds is 5. The van der Waals surface area contributed by atoms with E-state index >= 15 is 0 Å². The molecule has 0 saturated heterocycles. The summed E-state index contributed by atoms with van der Waals surface area (Å²) in [5, 5.41) is 3.25. The highest BCUT2D eigenvalue weighted by molar-refractivity contribution is 5.51. The molecular weight excluding hydrogens is 270 g/mol. The first kappa shape index (κ1) is 13.5. The van der Waals surface area contributed by atoms with Crippen LogP contribution in [0.25, 0.3) is 0 Å². The van der Waals surface area contributed by atoms with Crippen molar-refractivity contribution in [2.24, 2.45) is 0 Å². The normalized spacial score (nSPS) is 12.8. The van der Waals surface area contributed by atoms with E-state index in [1.807, 2.05) is 18.2 Å². The lowest BCUT2D eigenvalue weighted by molar-refractivity contribution is 0.170. The summed E-state index contributed by atoms with van der Waals surface area (Å²) in [4.78, 5) is 8.01. The summed E-state index contributed by atoms with van der Waals surface area (Å²) in [5.74, 6) is 3.13. The van der Waals surface area contributed by atoms with Crippen molar-refractivity contribution in [3.05, 3.63) is 36.3 Å². The Kier molecular flexibility index (Phi) is 4.04. The average Bonchev–Trinajstić information content (AvgIpc) is 2.55. The first-order valence-electron chi connectivity index (χ1n) is 6.83. The molecule has 21 heavy (non-hydrogen) atoms. The zero-order valence-corrected chi connectivity index (χ0v) is 11.8. The van der Waals surface area contributed by atoms with Crippen molar-refractivity contribution in [3.8, 4) is 17.2 Å². The van der Waals surface area contributed by atoms with E-state index in [9.17, 15) is 0 Å². The molecule has 0 atom stereocenters. The van der Waals surface area contributed by atoms with Crippen LogP contribution in [0.3, 0.4) is 0 Å². The molecule has 0 amide bonds. The molecule has 0 saturated carbocycles. The molecule has 0 fully saturated rings. The van der Waals surface area contributed by atoms with Gasteiger partial charge in [0, 0.05) is 18.8 Å². The van der Waals surface area contributed by atoms with Crippen LogP contribution in [-0.4, -0.2) is 36.8 Å². The van der Waals surface area contributed by atoms with Crippen molar-refractivity contribution in [1.29, 1.82) is 0 Å². The Morgan fingerprint density at radius 3 is 2.76 bits per heavy atom. The third-order valence-corrected chi connectivity index (χ3v) is 3.23. The predicted octanol–water partition coefficient (Wildman–Crippen LogP) is 1.91. The summed E-state index contributed by atoms with van der Waals surface area (Å²) < 4.78 is 16.6. The Bertz CT molecular complexity index is 605. The monoisotopic (exact) mass is 287 g/mol. The number of nitrogens with zero attached hydrogens (tertiary/aromatic N) is 2. The van der Waals surface area contributed by atoms with Gasteiger partial charge in [-0.15, -0.1) is 0 Å². The molecule has 0 radical (unpaired) electrons. The summed E-state index contributed by atoms with van der Waals surface area (Å²) in [6.45, 7) is 1.90. The minimum Gasteiger partial charge on any atom is -0.496 e. The quantitative estimate of drug-likeness (QED) is 0.906. The number of anilines is 1. The van der Waals surface area contributed by atoms with Crippen molar-refractivity contribution in [2.45, 2.75) is 6.42 Å². The number of nitrogens with one attached hydrogen (secondary N) is 1. The summed E-state index contributed by atoms with van der Waals surface area (Å²) in [6.07, 6.45) is 4.02. The van der Waals surface area contributed by atoms with E-state index in [4.69, 9.17) is 14.2 Å². The van der Waals surface area contributed by atoms with Gasteiger partial charge in [-0.1, -0.05) is 0 Å². The molecule has 110 valence electrons. The molecule has 0 spiro atoms. The van der Waals surface area contributed by atoms with Crippen molar-refractivity contribution in [1.82, 2.24) is 9.97 Å². The summed E-state index contributed by atoms with van der Waals surface area (Å²) in [5.41, 5.74) is 1.07. The van der Waals surface area contributed by atoms with Gasteiger partial charge in [0.2, 0.25) is 0 Å². The standard InChI is InChI=1S/C15H17N3O3/c1-19-12-9-14-13(20-6-7-21-14)8-11(12)2-5-17-15-3-4-16-10-18-15/h3-4,8-10H,2,5-7H2,1H3,(H,16,17,18). The van der Waals surface area contributed by atoms with Crippen LogP contribution in [-0.2, 0) is 6.42 Å². The number of ether oxygens (including phenoxy) is 3. The molecule has 6 nitrogen and oxygen atoms in total. The summed E-state index contributed by atoms with van der Waals surface area (Å²) in [7, 11) is 1.66. The third kappa shape index (κ3) is 3.16. The van der Waals surface area contributed by atoms with E-state index in [2.05, 4.69) is 15.3 Å². The third-order valence-electron chi connectivity index (χ3n) is 3.23. The van der Waals surface area contributed by atoms with E-state index in [1.165, 1.54) is 6.33 Å². The fourth-order valence-corrected chi connectivity index (χ4v) is 2.22. The van der Waals surface area contributed by atoms with E-state index in [0.717, 1.165) is 41.6 Å². The number of hydrogen-bond donors (Lipinski definition) is 1. The van der Waals surface area contributed by atoms with Gasteiger partial charge in [0.05, 0.1) is 7.11 Å². The second-order valence-electron chi connectivity index (χ2n) is 4.58. The SMILES string of the molecule is COc1cc2c(cc1CCNc1ccncn1)OCCO2. The highest BCUT2D eigenvalue weighted by atomic mass is 16.6. The Labute approximate surface area is 123 Å². The fourth-order valence-electron chi connectivity index (χ4n) is 2.22. The van der Waals surface area contributed by atoms with Gasteiger partial charge in [0.25, 0.3) is 0 Å². The van der Waals surface area contributed by atoms with E-state index in [1.54, 1.807) is 13.3 Å². The number of aromatic nitrogens is 2. The van der Waals surface area contributed by atoms with Gasteiger partial charge in [-0.3, -0.25) is 0 Å². The minimum absolute atomic E-state index is 0.574. The second kappa shape index (κ2) is 6.30. The highest BCUT2D eigenvalue weighted by Crippen LogP contribution is 2.36. The highest BCUT2D eigenvalue weighted by Gasteiger charge is 2.16. The van der Waals surface area contributed by atoms with Crippen LogP contribution in [0.5, 0.6) is 17.2 Å². The number of methoxy groups -OCH3 is 1. The second-order valence-corrected chi connectivity index (χ2v) is 4.58. The van der Waals surface area contributed by atoms with Crippen LogP contribution in [0.1, 0.15) is 5.56 Å². The van der Waals surface area contributed by atoms with Crippen LogP contribution >= 0.6 is 0 Å². The molecule has 0 unspecified atom stereocenters. The van der Waals surface area contributed by atoms with Crippen LogP contribution < -0.4 is 19.5 Å². The maximum absolute atomic E-state index is 5.61. The minimum atomic E-state index is 0.574. The lowest BCUT2D eigenvalue weighted by Gasteiger charge is -2.20. The molecule has 0 bridgehead atoms. The first-order chi connectivity index (χ1) is 10.4. The van der Waals surface area contributed by atoms with Crippen LogP contribution in [0, 0.1) is 0 Å². The molecule has 1 aromatic carbocycles.